The molecule has 1 aliphatic carbocycles. The fraction of sp³-hybridized carbons (Fsp3) is 0.400. The van der Waals surface area contributed by atoms with Crippen LogP contribution in [0.3, 0.4) is 0 Å². The second kappa shape index (κ2) is 9.46. The molecule has 0 bridgehead atoms. The van der Waals surface area contributed by atoms with E-state index in [-0.39, 0.29) is 29.3 Å². The summed E-state index contributed by atoms with van der Waals surface area (Å²) in [7, 11) is -2.07. The summed E-state index contributed by atoms with van der Waals surface area (Å²) in [6, 6.07) is 14.3. The van der Waals surface area contributed by atoms with Gasteiger partial charge in [-0.2, -0.15) is 4.31 Å². The molecule has 2 aromatic rings. The number of carbonyl (C=O) groups excluding carboxylic acids is 1. The Bertz CT molecular complexity index is 1080. The fourth-order valence-electron chi connectivity index (χ4n) is 4.62. The minimum Gasteiger partial charge on any atom is -0.497 e. The maximum absolute atomic E-state index is 13.5. The molecule has 2 aliphatic rings. The van der Waals surface area contributed by atoms with E-state index in [0.717, 1.165) is 29.7 Å². The number of carbonyl (C=O) groups is 1. The first-order chi connectivity index (χ1) is 15.4. The highest BCUT2D eigenvalue weighted by atomic mass is 32.2. The first-order valence-corrected chi connectivity index (χ1v) is 12.5. The molecule has 2 aromatic carbocycles. The number of hydrogen-bond acceptors (Lipinski definition) is 4. The molecule has 6 nitrogen and oxygen atoms in total. The molecular weight excluding hydrogens is 424 g/mol. The Labute approximate surface area is 190 Å². The van der Waals surface area contributed by atoms with Crippen molar-refractivity contribution in [3.05, 3.63) is 71.9 Å². The normalized spacial score (nSPS) is 23.2. The first-order valence-electron chi connectivity index (χ1n) is 11.1. The maximum Gasteiger partial charge on any atom is 0.243 e. The van der Waals surface area contributed by atoms with E-state index in [4.69, 9.17) is 4.74 Å². The molecule has 2 atom stereocenters. The predicted octanol–water partition coefficient (Wildman–Crippen LogP) is 4.11. The maximum atomic E-state index is 13.5. The van der Waals surface area contributed by atoms with Gasteiger partial charge >= 0.3 is 0 Å². The van der Waals surface area contributed by atoms with Crippen LogP contribution in [0.15, 0.2) is 65.7 Å². The Kier molecular flexibility index (Phi) is 6.67. The van der Waals surface area contributed by atoms with E-state index in [2.05, 4.69) is 0 Å². The van der Waals surface area contributed by atoms with Crippen LogP contribution in [0.4, 0.5) is 0 Å². The largest absolute Gasteiger partial charge is 0.497 e. The molecule has 1 aliphatic heterocycles. The number of amides is 1. The summed E-state index contributed by atoms with van der Waals surface area (Å²) in [5.41, 5.74) is 2.01. The van der Waals surface area contributed by atoms with Crippen LogP contribution in [0.25, 0.3) is 0 Å². The summed E-state index contributed by atoms with van der Waals surface area (Å²) in [6.07, 6.45) is 6.80. The summed E-state index contributed by atoms with van der Waals surface area (Å²) < 4.78 is 33.8. The van der Waals surface area contributed by atoms with Crippen LogP contribution in [0.2, 0.25) is 0 Å². The fourth-order valence-corrected chi connectivity index (χ4v) is 6.27. The Morgan fingerprint density at radius 3 is 2.38 bits per heavy atom. The van der Waals surface area contributed by atoms with E-state index in [9.17, 15) is 13.2 Å². The van der Waals surface area contributed by atoms with Crippen LogP contribution in [-0.2, 0) is 21.4 Å². The highest BCUT2D eigenvalue weighted by molar-refractivity contribution is 7.89. The minimum atomic E-state index is -3.70. The van der Waals surface area contributed by atoms with Crippen molar-refractivity contribution in [1.29, 1.82) is 0 Å². The number of aryl methyl sites for hydroxylation is 1. The molecule has 170 valence electrons. The van der Waals surface area contributed by atoms with Crippen molar-refractivity contribution in [2.75, 3.05) is 13.7 Å². The van der Waals surface area contributed by atoms with Gasteiger partial charge in [-0.3, -0.25) is 4.79 Å². The van der Waals surface area contributed by atoms with Gasteiger partial charge in [0, 0.05) is 18.8 Å². The molecule has 0 radical (unpaired) electrons. The lowest BCUT2D eigenvalue weighted by molar-refractivity contribution is -0.136. The highest BCUT2D eigenvalue weighted by Gasteiger charge is 2.42. The van der Waals surface area contributed by atoms with Crippen molar-refractivity contribution in [1.82, 2.24) is 9.21 Å². The number of hydrogen-bond donors (Lipinski definition) is 0. The summed E-state index contributed by atoms with van der Waals surface area (Å²) in [6.45, 7) is 2.64. The molecule has 32 heavy (non-hydrogen) atoms. The summed E-state index contributed by atoms with van der Waals surface area (Å²) in [5, 5.41) is 0. The molecule has 0 saturated heterocycles. The molecule has 4 rings (SSSR count). The number of fused-ring (bicyclic) bond motifs is 1. The molecule has 1 amide bonds. The lowest BCUT2D eigenvalue weighted by atomic mass is 9.83. The zero-order valence-corrected chi connectivity index (χ0v) is 19.4. The van der Waals surface area contributed by atoms with Gasteiger partial charge in [0.2, 0.25) is 15.9 Å². The minimum absolute atomic E-state index is 0.00873. The molecule has 0 N–H and O–H groups in total. The van der Waals surface area contributed by atoms with Gasteiger partial charge in [-0.05, 0) is 49.6 Å². The van der Waals surface area contributed by atoms with Crippen molar-refractivity contribution in [2.45, 2.75) is 50.1 Å². The molecule has 0 unspecified atom stereocenters. The number of methoxy groups -OCH3 is 1. The second-order valence-electron chi connectivity index (χ2n) is 8.55. The lowest BCUT2D eigenvalue weighted by Crippen LogP contribution is -2.52. The quantitative estimate of drug-likeness (QED) is 0.682. The predicted molar refractivity (Wildman–Crippen MR) is 124 cm³/mol. The van der Waals surface area contributed by atoms with Gasteiger partial charge in [0.1, 0.15) is 5.75 Å². The van der Waals surface area contributed by atoms with E-state index >= 15 is 0 Å². The van der Waals surface area contributed by atoms with Crippen molar-refractivity contribution in [3.8, 4) is 5.75 Å². The van der Waals surface area contributed by atoms with Gasteiger partial charge in [0.25, 0.3) is 0 Å². The van der Waals surface area contributed by atoms with Crippen molar-refractivity contribution in [2.24, 2.45) is 5.92 Å². The third-order valence-corrected chi connectivity index (χ3v) is 8.32. The monoisotopic (exact) mass is 454 g/mol. The van der Waals surface area contributed by atoms with Crippen molar-refractivity contribution >= 4 is 15.9 Å². The first kappa shape index (κ1) is 22.6. The van der Waals surface area contributed by atoms with Crippen LogP contribution in [0, 0.1) is 12.8 Å². The Morgan fingerprint density at radius 1 is 1.00 bits per heavy atom. The van der Waals surface area contributed by atoms with Gasteiger partial charge in [-0.1, -0.05) is 48.7 Å². The Morgan fingerprint density at radius 2 is 1.69 bits per heavy atom. The van der Waals surface area contributed by atoms with Crippen LogP contribution in [0.1, 0.15) is 36.8 Å². The third-order valence-electron chi connectivity index (χ3n) is 6.41. The van der Waals surface area contributed by atoms with E-state index in [1.54, 1.807) is 40.7 Å². The van der Waals surface area contributed by atoms with Gasteiger partial charge in [0.15, 0.2) is 0 Å². The molecule has 1 saturated carbocycles. The summed E-state index contributed by atoms with van der Waals surface area (Å²) >= 11 is 0. The summed E-state index contributed by atoms with van der Waals surface area (Å²) in [5.74, 6) is 0.422. The van der Waals surface area contributed by atoms with Crippen LogP contribution < -0.4 is 4.74 Å². The SMILES string of the molecule is COc1ccc(CN2/C=C\CN(S(=O)(=O)c3ccc(C)cc3)[C@@H]3CCCC[C@H]3C2=O)cc1. The molecule has 1 fully saturated rings. The van der Waals surface area contributed by atoms with Gasteiger partial charge in [-0.15, -0.1) is 0 Å². The van der Waals surface area contributed by atoms with Crippen LogP contribution >= 0.6 is 0 Å². The van der Waals surface area contributed by atoms with Crippen molar-refractivity contribution < 1.29 is 17.9 Å². The van der Waals surface area contributed by atoms with E-state index < -0.39 is 10.0 Å². The molecular formula is C25H30N2O4S. The van der Waals surface area contributed by atoms with Crippen LogP contribution in [-0.4, -0.2) is 43.2 Å². The molecule has 0 spiro atoms. The summed E-state index contributed by atoms with van der Waals surface area (Å²) in [4.78, 5) is 15.6. The average Bonchev–Trinajstić information content (AvgIpc) is 2.80. The second-order valence-corrected chi connectivity index (χ2v) is 10.4. The number of ether oxygens (including phenoxy) is 1. The van der Waals surface area contributed by atoms with Gasteiger partial charge < -0.3 is 9.64 Å². The number of sulfonamides is 1. The average molecular weight is 455 g/mol. The molecule has 7 heteroatoms. The van der Waals surface area contributed by atoms with Gasteiger partial charge in [-0.25, -0.2) is 8.42 Å². The van der Waals surface area contributed by atoms with E-state index in [1.165, 1.54) is 0 Å². The number of benzene rings is 2. The van der Waals surface area contributed by atoms with Crippen molar-refractivity contribution in [3.63, 3.8) is 0 Å². The molecule has 0 aromatic heterocycles. The Balaban J connectivity index is 1.63. The number of rotatable bonds is 5. The topological polar surface area (TPSA) is 66.9 Å². The number of nitrogens with zero attached hydrogens (tertiary/aromatic N) is 2. The zero-order chi connectivity index (χ0) is 22.7. The zero-order valence-electron chi connectivity index (χ0n) is 18.6. The van der Waals surface area contributed by atoms with Crippen LogP contribution in [0.5, 0.6) is 5.75 Å². The van der Waals surface area contributed by atoms with E-state index in [1.807, 2.05) is 43.3 Å². The Hall–Kier alpha value is -2.64. The third kappa shape index (κ3) is 4.59. The standard InChI is InChI=1S/C25H30N2O4S/c1-19-8-14-22(15-9-19)32(29,30)27-17-5-16-26(18-20-10-12-21(31-2)13-11-20)25(28)23-6-3-4-7-24(23)27/h5,8-16,23-24H,3-4,6-7,17-18H2,1-2H3/b16-5-/t23-,24-/m1/s1. The smallest absolute Gasteiger partial charge is 0.243 e. The van der Waals surface area contributed by atoms with Gasteiger partial charge in [0.05, 0.1) is 24.5 Å². The lowest BCUT2D eigenvalue weighted by Gasteiger charge is -2.41. The van der Waals surface area contributed by atoms with E-state index in [0.29, 0.717) is 19.4 Å². The molecule has 1 heterocycles. The highest BCUT2D eigenvalue weighted by Crippen LogP contribution is 2.35.